The van der Waals surface area contributed by atoms with Gasteiger partial charge in [0.15, 0.2) is 5.13 Å². The lowest BCUT2D eigenvalue weighted by molar-refractivity contribution is -0.384. The number of rotatable bonds is 7. The van der Waals surface area contributed by atoms with E-state index in [1.54, 1.807) is 6.07 Å². The van der Waals surface area contributed by atoms with Gasteiger partial charge in [0, 0.05) is 23.6 Å². The number of nitro groups is 1. The largest absolute Gasteiger partial charge is 0.492 e. The number of non-ortho nitro benzene ring substituents is 1. The number of anilines is 1. The summed E-state index contributed by atoms with van der Waals surface area (Å²) in [5.41, 5.74) is 2.44. The first-order valence-corrected chi connectivity index (χ1v) is 10.7. The number of fused-ring (bicyclic) bond motifs is 1. The Morgan fingerprint density at radius 1 is 1.38 bits per heavy atom. The number of amides is 1. The zero-order chi connectivity index (χ0) is 21.1. The maximum atomic E-state index is 12.2. The molecular weight excluding hydrogens is 482 g/mol. The first kappa shape index (κ1) is 21.5. The lowest BCUT2D eigenvalue weighted by Crippen LogP contribution is -2.12. The van der Waals surface area contributed by atoms with Gasteiger partial charge in [-0.05, 0) is 59.5 Å². The smallest absolute Gasteiger partial charge is 0.270 e. The number of nitro benzene ring substituents is 1. The molecule has 152 valence electrons. The first-order chi connectivity index (χ1) is 13.8. The van der Waals surface area contributed by atoms with Crippen molar-refractivity contribution >= 4 is 65.8 Å². The second kappa shape index (κ2) is 9.06. The summed E-state index contributed by atoms with van der Waals surface area (Å²) in [5, 5.41) is 14.7. The SMILES string of the molecule is Cc1cc(OCCCC(=O)Nc2nc3ccc([N+](=O)[O-])cc3s2)c(Br)c(C)c1Cl. The average molecular weight is 499 g/mol. The quantitative estimate of drug-likeness (QED) is 0.244. The average Bonchev–Trinajstić information content (AvgIpc) is 3.08. The zero-order valence-electron chi connectivity index (χ0n) is 15.6. The number of nitrogens with one attached hydrogen (secondary N) is 1. The van der Waals surface area contributed by atoms with Crippen LogP contribution in [0.3, 0.4) is 0 Å². The normalized spacial score (nSPS) is 10.9. The molecule has 0 unspecified atom stereocenters. The van der Waals surface area contributed by atoms with Crippen molar-refractivity contribution in [2.75, 3.05) is 11.9 Å². The molecule has 1 N–H and O–H groups in total. The van der Waals surface area contributed by atoms with Crippen molar-refractivity contribution in [3.63, 3.8) is 0 Å². The van der Waals surface area contributed by atoms with Crippen molar-refractivity contribution in [3.8, 4) is 5.75 Å². The highest BCUT2D eigenvalue weighted by molar-refractivity contribution is 9.10. The van der Waals surface area contributed by atoms with Crippen LogP contribution in [0.5, 0.6) is 5.75 Å². The number of hydrogen-bond acceptors (Lipinski definition) is 6. The monoisotopic (exact) mass is 497 g/mol. The molecule has 0 atom stereocenters. The van der Waals surface area contributed by atoms with E-state index in [1.165, 1.54) is 23.5 Å². The van der Waals surface area contributed by atoms with Gasteiger partial charge in [-0.1, -0.05) is 22.9 Å². The number of ether oxygens (including phenoxy) is 1. The van der Waals surface area contributed by atoms with E-state index in [2.05, 4.69) is 26.2 Å². The molecule has 0 saturated carbocycles. The highest BCUT2D eigenvalue weighted by Crippen LogP contribution is 2.35. The fraction of sp³-hybridized carbons (Fsp3) is 0.263. The lowest BCUT2D eigenvalue weighted by atomic mass is 10.1. The van der Waals surface area contributed by atoms with Gasteiger partial charge in [-0.3, -0.25) is 14.9 Å². The van der Waals surface area contributed by atoms with Crippen molar-refractivity contribution < 1.29 is 14.5 Å². The Labute approximate surface area is 184 Å². The van der Waals surface area contributed by atoms with Crippen molar-refractivity contribution in [2.45, 2.75) is 26.7 Å². The maximum Gasteiger partial charge on any atom is 0.270 e. The minimum absolute atomic E-state index is 0.00462. The number of halogens is 2. The predicted octanol–water partition coefficient (Wildman–Crippen LogP) is 6.03. The van der Waals surface area contributed by atoms with Gasteiger partial charge in [0.05, 0.1) is 26.2 Å². The molecule has 29 heavy (non-hydrogen) atoms. The van der Waals surface area contributed by atoms with Crippen LogP contribution in [0, 0.1) is 24.0 Å². The van der Waals surface area contributed by atoms with Crippen LogP contribution in [0.15, 0.2) is 28.7 Å². The number of thiazole rings is 1. The number of aromatic nitrogens is 1. The molecule has 7 nitrogen and oxygen atoms in total. The molecule has 0 aliphatic rings. The summed E-state index contributed by atoms with van der Waals surface area (Å²) in [6.45, 7) is 4.19. The molecule has 0 spiro atoms. The standard InChI is InChI=1S/C19H17BrClN3O4S/c1-10-8-14(17(20)11(2)18(10)21)28-7-3-4-16(25)23-19-22-13-6-5-12(24(26)27)9-15(13)29-19/h5-6,8-9H,3-4,7H2,1-2H3,(H,22,23,25). The van der Waals surface area contributed by atoms with Crippen LogP contribution in [0.1, 0.15) is 24.0 Å². The van der Waals surface area contributed by atoms with Gasteiger partial charge in [0.2, 0.25) is 5.91 Å². The predicted molar refractivity (Wildman–Crippen MR) is 118 cm³/mol. The molecule has 3 rings (SSSR count). The Bertz CT molecular complexity index is 1100. The van der Waals surface area contributed by atoms with Crippen LogP contribution in [-0.4, -0.2) is 22.4 Å². The molecule has 1 heterocycles. The van der Waals surface area contributed by atoms with Crippen LogP contribution in [0.4, 0.5) is 10.8 Å². The van der Waals surface area contributed by atoms with Crippen molar-refractivity contribution in [3.05, 3.63) is 55.0 Å². The van der Waals surface area contributed by atoms with Gasteiger partial charge in [0.1, 0.15) is 5.75 Å². The highest BCUT2D eigenvalue weighted by Gasteiger charge is 2.13. The third-order valence-electron chi connectivity index (χ3n) is 4.20. The summed E-state index contributed by atoms with van der Waals surface area (Å²) in [6, 6.07) is 6.27. The third kappa shape index (κ3) is 5.04. The Morgan fingerprint density at radius 3 is 2.86 bits per heavy atom. The van der Waals surface area contributed by atoms with Gasteiger partial charge >= 0.3 is 0 Å². The highest BCUT2D eigenvalue weighted by atomic mass is 79.9. The van der Waals surface area contributed by atoms with E-state index in [9.17, 15) is 14.9 Å². The summed E-state index contributed by atoms with van der Waals surface area (Å²) in [6.07, 6.45) is 0.786. The fourth-order valence-electron chi connectivity index (χ4n) is 2.68. The summed E-state index contributed by atoms with van der Waals surface area (Å²) < 4.78 is 7.23. The maximum absolute atomic E-state index is 12.2. The van der Waals surface area contributed by atoms with E-state index in [1.807, 2.05) is 19.9 Å². The Morgan fingerprint density at radius 2 is 2.14 bits per heavy atom. The topological polar surface area (TPSA) is 94.4 Å². The summed E-state index contributed by atoms with van der Waals surface area (Å²) in [5.74, 6) is 0.502. The molecule has 10 heteroatoms. The van der Waals surface area contributed by atoms with E-state index in [-0.39, 0.29) is 18.0 Å². The Kier molecular flexibility index (Phi) is 6.71. The Balaban J connectivity index is 1.53. The van der Waals surface area contributed by atoms with Crippen LogP contribution >= 0.6 is 38.9 Å². The number of carbonyl (C=O) groups excluding carboxylic acids is 1. The van der Waals surface area contributed by atoms with Crippen molar-refractivity contribution in [1.82, 2.24) is 4.98 Å². The molecule has 2 aromatic carbocycles. The molecule has 0 fully saturated rings. The van der Waals surface area contributed by atoms with Gasteiger partial charge in [-0.2, -0.15) is 0 Å². The molecule has 1 aromatic heterocycles. The molecule has 0 radical (unpaired) electrons. The minimum Gasteiger partial charge on any atom is -0.492 e. The molecule has 1 amide bonds. The van der Waals surface area contributed by atoms with Crippen molar-refractivity contribution in [1.29, 1.82) is 0 Å². The van der Waals surface area contributed by atoms with E-state index in [0.29, 0.717) is 39.1 Å². The van der Waals surface area contributed by atoms with Crippen LogP contribution in [0.2, 0.25) is 5.02 Å². The van der Waals surface area contributed by atoms with Gasteiger partial charge in [-0.25, -0.2) is 4.98 Å². The van der Waals surface area contributed by atoms with Crippen LogP contribution < -0.4 is 10.1 Å². The summed E-state index contributed by atoms with van der Waals surface area (Å²) in [7, 11) is 0. The second-order valence-corrected chi connectivity index (χ2v) is 8.57. The number of aryl methyl sites for hydroxylation is 1. The lowest BCUT2D eigenvalue weighted by Gasteiger charge is -2.13. The van der Waals surface area contributed by atoms with E-state index in [0.717, 1.165) is 15.6 Å². The zero-order valence-corrected chi connectivity index (χ0v) is 18.8. The summed E-state index contributed by atoms with van der Waals surface area (Å²) in [4.78, 5) is 26.8. The third-order valence-corrected chi connectivity index (χ3v) is 6.70. The fourth-order valence-corrected chi connectivity index (χ4v) is 4.29. The molecule has 0 saturated heterocycles. The van der Waals surface area contributed by atoms with Crippen LogP contribution in [0.25, 0.3) is 10.2 Å². The van der Waals surface area contributed by atoms with Gasteiger partial charge in [0.25, 0.3) is 5.69 Å². The van der Waals surface area contributed by atoms with Crippen LogP contribution in [-0.2, 0) is 4.79 Å². The number of hydrogen-bond donors (Lipinski definition) is 1. The van der Waals surface area contributed by atoms with Gasteiger partial charge in [-0.15, -0.1) is 0 Å². The molecule has 0 aliphatic heterocycles. The molecule has 0 bridgehead atoms. The minimum atomic E-state index is -0.459. The van der Waals surface area contributed by atoms with E-state index >= 15 is 0 Å². The Hall–Kier alpha value is -2.23. The first-order valence-electron chi connectivity index (χ1n) is 8.69. The van der Waals surface area contributed by atoms with E-state index in [4.69, 9.17) is 16.3 Å². The van der Waals surface area contributed by atoms with Gasteiger partial charge < -0.3 is 10.1 Å². The molecule has 0 aliphatic carbocycles. The van der Waals surface area contributed by atoms with E-state index < -0.39 is 4.92 Å². The molecular formula is C19H17BrClN3O4S. The second-order valence-electron chi connectivity index (χ2n) is 6.37. The summed E-state index contributed by atoms with van der Waals surface area (Å²) >= 11 is 10.9. The van der Waals surface area contributed by atoms with Crippen molar-refractivity contribution in [2.24, 2.45) is 0 Å². The number of carbonyl (C=O) groups is 1. The number of nitrogens with zero attached hydrogens (tertiary/aromatic N) is 2. The molecule has 3 aromatic rings. The number of benzene rings is 2.